The number of piperazine rings is 1. The van der Waals surface area contributed by atoms with Gasteiger partial charge in [-0.3, -0.25) is 9.20 Å². The molecule has 136 valence electrons. The van der Waals surface area contributed by atoms with Crippen LogP contribution in [0.4, 0.5) is 13.2 Å². The zero-order valence-electron chi connectivity index (χ0n) is 13.3. The summed E-state index contributed by atoms with van der Waals surface area (Å²) in [6.07, 6.45) is -3.64. The second kappa shape index (κ2) is 7.00. The van der Waals surface area contributed by atoms with Gasteiger partial charge in [0.1, 0.15) is 0 Å². The summed E-state index contributed by atoms with van der Waals surface area (Å²) in [6, 6.07) is 0.815. The summed E-state index contributed by atoms with van der Waals surface area (Å²) in [7, 11) is 1.99. The first-order chi connectivity index (χ1) is 11.8. The molecular weight excluding hydrogens is 379 g/mol. The molecule has 1 aliphatic rings. The van der Waals surface area contributed by atoms with E-state index in [1.165, 1.54) is 4.40 Å². The number of carbonyl (C=O) groups is 1. The minimum Gasteiger partial charge on any atom is -0.339 e. The Balaban J connectivity index is 1.75. The monoisotopic (exact) mass is 393 g/mol. The first-order valence-corrected chi connectivity index (χ1v) is 8.82. The first kappa shape index (κ1) is 18.3. The fourth-order valence-electron chi connectivity index (χ4n) is 2.46. The molecule has 0 aliphatic carbocycles. The largest absolute Gasteiger partial charge is 0.417 e. The normalized spacial score (nSPS) is 16.6. The van der Waals surface area contributed by atoms with Crippen molar-refractivity contribution in [2.75, 3.05) is 39.0 Å². The molecule has 0 bridgehead atoms. The van der Waals surface area contributed by atoms with Gasteiger partial charge >= 0.3 is 6.18 Å². The Kier molecular flexibility index (Phi) is 5.12. The second-order valence-electron chi connectivity index (χ2n) is 5.72. The van der Waals surface area contributed by atoms with E-state index in [1.54, 1.807) is 4.90 Å². The highest BCUT2D eigenvalue weighted by atomic mass is 35.5. The van der Waals surface area contributed by atoms with Crippen molar-refractivity contribution in [3.63, 3.8) is 0 Å². The average Bonchev–Trinajstić information content (AvgIpc) is 2.96. The van der Waals surface area contributed by atoms with E-state index >= 15 is 0 Å². The number of nitrogens with zero attached hydrogens (tertiary/aromatic N) is 5. The summed E-state index contributed by atoms with van der Waals surface area (Å²) >= 11 is 6.91. The number of hydrogen-bond acceptors (Lipinski definition) is 5. The van der Waals surface area contributed by atoms with Gasteiger partial charge in [0.2, 0.25) is 5.91 Å². The summed E-state index contributed by atoms with van der Waals surface area (Å²) in [5, 5.41) is 7.72. The van der Waals surface area contributed by atoms with Crippen molar-refractivity contribution >= 4 is 34.9 Å². The maximum atomic E-state index is 12.9. The van der Waals surface area contributed by atoms with Gasteiger partial charge in [0.05, 0.1) is 16.3 Å². The van der Waals surface area contributed by atoms with E-state index in [0.717, 1.165) is 37.1 Å². The molecule has 0 radical (unpaired) electrons. The smallest absolute Gasteiger partial charge is 0.339 e. The molecule has 25 heavy (non-hydrogen) atoms. The van der Waals surface area contributed by atoms with E-state index in [4.69, 9.17) is 11.6 Å². The molecule has 1 fully saturated rings. The highest BCUT2D eigenvalue weighted by Crippen LogP contribution is 2.33. The van der Waals surface area contributed by atoms with Crippen LogP contribution in [-0.4, -0.2) is 69.3 Å². The van der Waals surface area contributed by atoms with Crippen LogP contribution in [0.5, 0.6) is 0 Å². The van der Waals surface area contributed by atoms with E-state index in [1.807, 2.05) is 7.05 Å². The molecule has 11 heteroatoms. The number of thioether (sulfide) groups is 1. The van der Waals surface area contributed by atoms with Gasteiger partial charge in [0.15, 0.2) is 10.8 Å². The lowest BCUT2D eigenvalue weighted by Crippen LogP contribution is -2.47. The summed E-state index contributed by atoms with van der Waals surface area (Å²) in [4.78, 5) is 16.1. The van der Waals surface area contributed by atoms with E-state index in [9.17, 15) is 18.0 Å². The topological polar surface area (TPSA) is 53.7 Å². The minimum absolute atomic E-state index is 0.0760. The van der Waals surface area contributed by atoms with Gasteiger partial charge in [-0.25, -0.2) is 0 Å². The van der Waals surface area contributed by atoms with Crippen molar-refractivity contribution in [3.8, 4) is 0 Å². The number of halogens is 4. The molecular formula is C14H15ClF3N5OS. The van der Waals surface area contributed by atoms with E-state index in [2.05, 4.69) is 15.1 Å². The Morgan fingerprint density at radius 2 is 1.96 bits per heavy atom. The number of likely N-dealkylation sites (N-methyl/N-ethyl adjacent to an activating group) is 1. The summed E-state index contributed by atoms with van der Waals surface area (Å²) in [6.45, 7) is 2.88. The maximum Gasteiger partial charge on any atom is 0.417 e. The highest BCUT2D eigenvalue weighted by Gasteiger charge is 2.32. The zero-order chi connectivity index (χ0) is 18.2. The number of fused-ring (bicyclic) bond motifs is 1. The van der Waals surface area contributed by atoms with Gasteiger partial charge in [-0.05, 0) is 13.1 Å². The fourth-order valence-corrected chi connectivity index (χ4v) is 3.52. The molecule has 0 spiro atoms. The molecule has 2 aromatic heterocycles. The number of carbonyl (C=O) groups excluding carboxylic acids is 1. The second-order valence-corrected chi connectivity index (χ2v) is 7.07. The molecule has 0 saturated carbocycles. The van der Waals surface area contributed by atoms with Gasteiger partial charge < -0.3 is 9.80 Å². The molecule has 1 amide bonds. The van der Waals surface area contributed by atoms with Crippen LogP contribution in [0.1, 0.15) is 5.56 Å². The van der Waals surface area contributed by atoms with Crippen molar-refractivity contribution in [3.05, 3.63) is 22.8 Å². The van der Waals surface area contributed by atoms with Gasteiger partial charge in [-0.2, -0.15) is 13.2 Å². The average molecular weight is 394 g/mol. The highest BCUT2D eigenvalue weighted by molar-refractivity contribution is 7.99. The lowest BCUT2D eigenvalue weighted by atomic mass is 10.3. The third kappa shape index (κ3) is 4.01. The third-order valence-electron chi connectivity index (χ3n) is 3.94. The molecule has 0 unspecified atom stereocenters. The number of pyridine rings is 1. The predicted octanol–water partition coefficient (Wildman–Crippen LogP) is 2.27. The van der Waals surface area contributed by atoms with Crippen LogP contribution in [0.3, 0.4) is 0 Å². The van der Waals surface area contributed by atoms with Gasteiger partial charge in [-0.1, -0.05) is 23.4 Å². The molecule has 1 saturated heterocycles. The number of aromatic nitrogens is 3. The van der Waals surface area contributed by atoms with Crippen molar-refractivity contribution in [1.82, 2.24) is 24.4 Å². The Morgan fingerprint density at radius 3 is 2.60 bits per heavy atom. The van der Waals surface area contributed by atoms with E-state index in [-0.39, 0.29) is 27.5 Å². The summed E-state index contributed by atoms with van der Waals surface area (Å²) < 4.78 is 40.0. The molecule has 0 atom stereocenters. The van der Waals surface area contributed by atoms with Crippen LogP contribution >= 0.6 is 23.4 Å². The molecule has 1 aliphatic heterocycles. The Labute approximate surface area is 150 Å². The SMILES string of the molecule is CN1CCN(C(=O)CSc2nnc3c(Cl)cc(C(F)(F)F)cn23)CC1. The predicted molar refractivity (Wildman–Crippen MR) is 87.8 cm³/mol. The van der Waals surface area contributed by atoms with Crippen LogP contribution in [-0.2, 0) is 11.0 Å². The van der Waals surface area contributed by atoms with Crippen LogP contribution in [0.2, 0.25) is 5.02 Å². The number of amides is 1. The molecule has 3 rings (SSSR count). The van der Waals surface area contributed by atoms with Gasteiger partial charge in [0.25, 0.3) is 0 Å². The van der Waals surface area contributed by atoms with E-state index < -0.39 is 11.7 Å². The van der Waals surface area contributed by atoms with Crippen LogP contribution < -0.4 is 0 Å². The number of hydrogen-bond donors (Lipinski definition) is 0. The Hall–Kier alpha value is -1.52. The van der Waals surface area contributed by atoms with Crippen molar-refractivity contribution in [1.29, 1.82) is 0 Å². The quantitative estimate of drug-likeness (QED) is 0.749. The minimum atomic E-state index is -4.53. The molecule has 3 heterocycles. The van der Waals surface area contributed by atoms with Gasteiger partial charge in [-0.15, -0.1) is 10.2 Å². The van der Waals surface area contributed by atoms with Crippen molar-refractivity contribution in [2.24, 2.45) is 0 Å². The molecule has 6 nitrogen and oxygen atoms in total. The van der Waals surface area contributed by atoms with Crippen molar-refractivity contribution in [2.45, 2.75) is 11.3 Å². The molecule has 0 aromatic carbocycles. The Bertz CT molecular complexity index is 789. The number of alkyl halides is 3. The third-order valence-corrected chi connectivity index (χ3v) is 5.14. The van der Waals surface area contributed by atoms with Gasteiger partial charge in [0, 0.05) is 32.4 Å². The summed E-state index contributed by atoms with van der Waals surface area (Å²) in [5.74, 6) is 0.00572. The molecule has 0 N–H and O–H groups in total. The lowest BCUT2D eigenvalue weighted by Gasteiger charge is -2.32. The van der Waals surface area contributed by atoms with E-state index in [0.29, 0.717) is 13.1 Å². The first-order valence-electron chi connectivity index (χ1n) is 7.46. The Morgan fingerprint density at radius 1 is 1.28 bits per heavy atom. The molecule has 2 aromatic rings. The van der Waals surface area contributed by atoms with Crippen LogP contribution in [0.25, 0.3) is 5.65 Å². The summed E-state index contributed by atoms with van der Waals surface area (Å²) in [5.41, 5.74) is -0.763. The fraction of sp³-hybridized carbons (Fsp3) is 0.500. The van der Waals surface area contributed by atoms with Crippen LogP contribution in [0.15, 0.2) is 17.4 Å². The van der Waals surface area contributed by atoms with Crippen LogP contribution in [0, 0.1) is 0 Å². The maximum absolute atomic E-state index is 12.9. The lowest BCUT2D eigenvalue weighted by molar-refractivity contribution is -0.138. The van der Waals surface area contributed by atoms with Crippen molar-refractivity contribution < 1.29 is 18.0 Å². The standard InChI is InChI=1S/C14H15ClF3N5OS/c1-21-2-4-22(5-3-21)11(24)8-25-13-20-19-12-10(15)6-9(7-23(12)13)14(16,17)18/h6-7H,2-5,8H2,1H3. The zero-order valence-corrected chi connectivity index (χ0v) is 14.8. The number of rotatable bonds is 3.